The Kier molecular flexibility index (Phi) is 9.44. The molecule has 8 heteroatoms. The van der Waals surface area contributed by atoms with E-state index in [-0.39, 0.29) is 63.9 Å². The number of carboxylic acids is 1. The van der Waals surface area contributed by atoms with Crippen LogP contribution < -0.4 is 5.32 Å². The van der Waals surface area contributed by atoms with Crippen molar-refractivity contribution in [2.24, 2.45) is 56.2 Å². The van der Waals surface area contributed by atoms with Gasteiger partial charge in [0.1, 0.15) is 12.2 Å². The van der Waals surface area contributed by atoms with Gasteiger partial charge in [0, 0.05) is 30.7 Å². The van der Waals surface area contributed by atoms with Crippen LogP contribution in [0.2, 0.25) is 0 Å². The highest BCUT2D eigenvalue weighted by Gasteiger charge is 2.71. The van der Waals surface area contributed by atoms with E-state index < -0.39 is 22.8 Å². The highest BCUT2D eigenvalue weighted by atomic mass is 16.5. The molecule has 8 nitrogen and oxygen atoms in total. The number of nitrogens with one attached hydrogen (secondary N) is 1. The molecule has 48 heavy (non-hydrogen) atoms. The number of esters is 2. The van der Waals surface area contributed by atoms with E-state index >= 15 is 0 Å². The molecule has 0 saturated heterocycles. The van der Waals surface area contributed by atoms with Crippen molar-refractivity contribution < 1.29 is 33.8 Å². The number of aliphatic carboxylic acids is 1. The van der Waals surface area contributed by atoms with E-state index in [0.29, 0.717) is 24.8 Å². The Bertz CT molecular complexity index is 1380. The van der Waals surface area contributed by atoms with Crippen molar-refractivity contribution in [1.29, 1.82) is 0 Å². The van der Waals surface area contributed by atoms with Crippen molar-refractivity contribution in [3.8, 4) is 0 Å². The summed E-state index contributed by atoms with van der Waals surface area (Å²) in [6.07, 6.45) is 7.50. The van der Waals surface area contributed by atoms with Gasteiger partial charge in [0.05, 0.1) is 11.8 Å². The summed E-state index contributed by atoms with van der Waals surface area (Å²) in [5.41, 5.74) is 0.549. The maximum atomic E-state index is 14.0. The van der Waals surface area contributed by atoms with Gasteiger partial charge < -0.3 is 19.9 Å². The van der Waals surface area contributed by atoms with Gasteiger partial charge in [-0.2, -0.15) is 0 Å². The van der Waals surface area contributed by atoms with Gasteiger partial charge in [0.25, 0.3) is 0 Å². The minimum atomic E-state index is -1.16. The number of hydrogen-bond acceptors (Lipinski definition) is 7. The molecule has 4 fully saturated rings. The number of Topliss-reactive ketones (excluding diaryl/α,β-unsaturated/α-hetero) is 1. The molecule has 5 rings (SSSR count). The highest BCUT2D eigenvalue weighted by Crippen LogP contribution is 2.77. The Balaban J connectivity index is 1.48. The summed E-state index contributed by atoms with van der Waals surface area (Å²) in [5.74, 6) is -0.242. The van der Waals surface area contributed by atoms with E-state index in [1.165, 1.54) is 12.5 Å². The average Bonchev–Trinajstić information content (AvgIpc) is 3.27. The Morgan fingerprint density at radius 1 is 0.938 bits per heavy atom. The fourth-order valence-electron chi connectivity index (χ4n) is 12.6. The molecule has 2 N–H and O–H groups in total. The van der Waals surface area contributed by atoms with Crippen LogP contribution in [-0.2, 0) is 28.7 Å². The monoisotopic (exact) mass is 669 g/mol. The number of ether oxygens (including phenoxy) is 2. The summed E-state index contributed by atoms with van der Waals surface area (Å²) in [5, 5.41) is 12.9. The van der Waals surface area contributed by atoms with E-state index in [2.05, 4.69) is 53.8 Å². The van der Waals surface area contributed by atoms with Crippen LogP contribution in [0.15, 0.2) is 11.1 Å². The van der Waals surface area contributed by atoms with Crippen molar-refractivity contribution in [1.82, 2.24) is 5.32 Å². The number of allylic oxidation sites excluding steroid dienone is 1. The van der Waals surface area contributed by atoms with Crippen LogP contribution in [0, 0.1) is 56.2 Å². The van der Waals surface area contributed by atoms with Crippen molar-refractivity contribution in [3.05, 3.63) is 11.1 Å². The number of fused-ring (bicyclic) bond motifs is 7. The van der Waals surface area contributed by atoms with Gasteiger partial charge in [0.2, 0.25) is 0 Å². The lowest BCUT2D eigenvalue weighted by atomic mass is 9.33. The zero-order valence-electron chi connectivity index (χ0n) is 31.6. The van der Waals surface area contributed by atoms with E-state index in [1.807, 2.05) is 7.05 Å². The zero-order valence-corrected chi connectivity index (χ0v) is 31.6. The predicted molar refractivity (Wildman–Crippen MR) is 185 cm³/mol. The lowest BCUT2D eigenvalue weighted by Gasteiger charge is -2.72. The van der Waals surface area contributed by atoms with Crippen LogP contribution in [0.4, 0.5) is 0 Å². The number of rotatable bonds is 9. The first-order valence-corrected chi connectivity index (χ1v) is 18.6. The molecule has 270 valence electrons. The van der Waals surface area contributed by atoms with Gasteiger partial charge in [-0.15, -0.1) is 0 Å². The maximum absolute atomic E-state index is 14.0. The second-order valence-corrected chi connectivity index (χ2v) is 18.7. The third-order valence-corrected chi connectivity index (χ3v) is 15.2. The summed E-state index contributed by atoms with van der Waals surface area (Å²) in [6, 6.07) is 0. The lowest BCUT2D eigenvalue weighted by Crippen LogP contribution is -2.66. The molecule has 0 bridgehead atoms. The first-order chi connectivity index (χ1) is 22.1. The van der Waals surface area contributed by atoms with Gasteiger partial charge in [0.15, 0.2) is 5.78 Å². The summed E-state index contributed by atoms with van der Waals surface area (Å²) < 4.78 is 12.2. The van der Waals surface area contributed by atoms with Crippen molar-refractivity contribution in [2.75, 3.05) is 13.6 Å². The Labute approximate surface area is 288 Å². The molecule has 0 unspecified atom stereocenters. The lowest BCUT2D eigenvalue weighted by molar-refractivity contribution is -0.235. The van der Waals surface area contributed by atoms with Crippen LogP contribution >= 0.6 is 0 Å². The van der Waals surface area contributed by atoms with Gasteiger partial charge in [-0.25, -0.2) is 0 Å². The molecule has 0 amide bonds. The topological polar surface area (TPSA) is 119 Å². The number of carboxylic acid groups (broad SMARTS) is 1. The molecule has 4 saturated carbocycles. The van der Waals surface area contributed by atoms with Crippen molar-refractivity contribution in [2.45, 2.75) is 146 Å². The van der Waals surface area contributed by atoms with Gasteiger partial charge in [-0.3, -0.25) is 19.2 Å². The molecular weight excluding hydrogens is 606 g/mol. The molecule has 0 aliphatic heterocycles. The van der Waals surface area contributed by atoms with E-state index in [9.17, 15) is 24.3 Å². The van der Waals surface area contributed by atoms with E-state index in [0.717, 1.165) is 56.9 Å². The minimum Gasteiger partial charge on any atom is -0.481 e. The van der Waals surface area contributed by atoms with Crippen LogP contribution in [0.1, 0.15) is 133 Å². The van der Waals surface area contributed by atoms with Gasteiger partial charge in [-0.05, 0) is 123 Å². The largest absolute Gasteiger partial charge is 0.481 e. The third-order valence-electron chi connectivity index (χ3n) is 15.2. The zero-order chi connectivity index (χ0) is 35.8. The van der Waals surface area contributed by atoms with Crippen LogP contribution in [-0.4, -0.2) is 54.6 Å². The van der Waals surface area contributed by atoms with Crippen LogP contribution in [0.25, 0.3) is 0 Å². The summed E-state index contributed by atoms with van der Waals surface area (Å²) in [7, 11) is 1.89. The first kappa shape index (κ1) is 37.0. The number of carbonyl (C=O) groups is 4. The van der Waals surface area contributed by atoms with Crippen molar-refractivity contribution in [3.63, 3.8) is 0 Å². The van der Waals surface area contributed by atoms with E-state index in [4.69, 9.17) is 9.47 Å². The predicted octanol–water partition coefficient (Wildman–Crippen LogP) is 7.53. The number of likely N-dealkylation sites (N-methyl/N-ethyl adjacent to an activating group) is 1. The molecule has 5 aliphatic rings. The number of hydrogen-bond donors (Lipinski definition) is 2. The SMILES string of the molecule is CNC[C@H](OC(C)=O)[C@@]12CC[C@]3(C)[C@H](CC[C@@H]4[C@@]5(C)CC[C@H](OC(=O)CC(C)(C)C(=O)O)C(C)(C)[C@@H]5CC[C@]43C)C1=C(C(C)C)C(=O)C2. The Morgan fingerprint density at radius 2 is 1.60 bits per heavy atom. The maximum Gasteiger partial charge on any atom is 0.309 e. The number of ketones is 1. The minimum absolute atomic E-state index is 0.0101. The van der Waals surface area contributed by atoms with Crippen molar-refractivity contribution >= 4 is 23.7 Å². The third kappa shape index (κ3) is 5.40. The average molecular weight is 670 g/mol. The molecular formula is C40H63NO7. The number of carbonyl (C=O) groups excluding carboxylic acids is 3. The quantitative estimate of drug-likeness (QED) is 0.242. The fraction of sp³-hybridized carbons (Fsp3) is 0.850. The second kappa shape index (κ2) is 12.2. The molecule has 0 radical (unpaired) electrons. The fourth-order valence-corrected chi connectivity index (χ4v) is 12.6. The van der Waals surface area contributed by atoms with Crippen LogP contribution in [0.5, 0.6) is 0 Å². The Morgan fingerprint density at radius 3 is 2.19 bits per heavy atom. The normalized spacial score (nSPS) is 39.5. The smallest absolute Gasteiger partial charge is 0.309 e. The van der Waals surface area contributed by atoms with Gasteiger partial charge in [-0.1, -0.05) is 48.5 Å². The second-order valence-electron chi connectivity index (χ2n) is 18.7. The Hall–Kier alpha value is -2.22. The molecule has 0 aromatic heterocycles. The van der Waals surface area contributed by atoms with Gasteiger partial charge >= 0.3 is 17.9 Å². The molecule has 0 heterocycles. The molecule has 0 aromatic rings. The van der Waals surface area contributed by atoms with E-state index in [1.54, 1.807) is 13.8 Å². The molecule has 9 atom stereocenters. The summed E-state index contributed by atoms with van der Waals surface area (Å²) in [6.45, 7) is 21.6. The summed E-state index contributed by atoms with van der Waals surface area (Å²) >= 11 is 0. The molecule has 0 aromatic carbocycles. The first-order valence-electron chi connectivity index (χ1n) is 18.6. The van der Waals surface area contributed by atoms with Crippen LogP contribution in [0.3, 0.4) is 0 Å². The molecule has 5 aliphatic carbocycles. The standard InChI is InChI=1S/C40H63NO7/c1-23(2)32-26(43)20-40(30(22-41-11)47-24(3)42)19-18-38(9)25(33(32)40)12-13-28-37(8)16-15-29(48-31(44)21-35(4,5)34(45)46)36(6,7)27(37)14-17-39(28,38)10/h23,25,27-30,41H,12-22H2,1-11H3,(H,45,46)/t25-,27+,28-,29+,30+,37+,38-,39-,40+/m1/s1. The summed E-state index contributed by atoms with van der Waals surface area (Å²) in [4.78, 5) is 51.1. The highest BCUT2D eigenvalue weighted by molar-refractivity contribution is 6.01. The molecule has 0 spiro atoms.